The minimum atomic E-state index is -3.52. The number of carbonyl (C=O) groups excluding carboxylic acids is 1. The predicted molar refractivity (Wildman–Crippen MR) is 124 cm³/mol. The Morgan fingerprint density at radius 2 is 1.61 bits per heavy atom. The SMILES string of the molecule is COc1ccc(C(CC(=O)Nc2ccccc2Sc2ccccc2)NS(C)(=O)=O)cc1. The molecule has 0 radical (unpaired) electrons. The number of ether oxygens (including phenoxy) is 1. The Morgan fingerprint density at radius 3 is 2.26 bits per heavy atom. The van der Waals surface area contributed by atoms with Crippen LogP contribution in [0.25, 0.3) is 0 Å². The summed E-state index contributed by atoms with van der Waals surface area (Å²) in [5.41, 5.74) is 1.35. The molecule has 3 rings (SSSR count). The van der Waals surface area contributed by atoms with Crippen molar-refractivity contribution < 1.29 is 17.9 Å². The smallest absolute Gasteiger partial charge is 0.226 e. The molecule has 31 heavy (non-hydrogen) atoms. The zero-order chi connectivity index (χ0) is 22.3. The second-order valence-corrected chi connectivity index (χ2v) is 9.77. The highest BCUT2D eigenvalue weighted by molar-refractivity contribution is 7.99. The van der Waals surface area contributed by atoms with Gasteiger partial charge in [0.15, 0.2) is 0 Å². The van der Waals surface area contributed by atoms with Gasteiger partial charge in [-0.2, -0.15) is 0 Å². The van der Waals surface area contributed by atoms with Crippen LogP contribution in [-0.2, 0) is 14.8 Å². The fourth-order valence-electron chi connectivity index (χ4n) is 2.98. The molecule has 3 aromatic carbocycles. The normalized spacial score (nSPS) is 12.2. The number of methoxy groups -OCH3 is 1. The van der Waals surface area contributed by atoms with E-state index in [0.717, 1.165) is 16.0 Å². The molecule has 1 atom stereocenters. The largest absolute Gasteiger partial charge is 0.497 e. The maximum Gasteiger partial charge on any atom is 0.226 e. The number of sulfonamides is 1. The lowest BCUT2D eigenvalue weighted by molar-refractivity contribution is -0.116. The van der Waals surface area contributed by atoms with Crippen LogP contribution < -0.4 is 14.8 Å². The summed E-state index contributed by atoms with van der Waals surface area (Å²) in [6, 6.07) is 23.6. The van der Waals surface area contributed by atoms with E-state index in [1.54, 1.807) is 43.1 Å². The summed E-state index contributed by atoms with van der Waals surface area (Å²) in [6.07, 6.45) is 1.02. The molecular weight excluding hydrogens is 432 g/mol. The number of nitrogens with one attached hydrogen (secondary N) is 2. The molecule has 0 aliphatic rings. The van der Waals surface area contributed by atoms with Crippen LogP contribution in [0, 0.1) is 0 Å². The van der Waals surface area contributed by atoms with Gasteiger partial charge in [0.25, 0.3) is 0 Å². The van der Waals surface area contributed by atoms with Crippen LogP contribution >= 0.6 is 11.8 Å². The van der Waals surface area contributed by atoms with Crippen molar-refractivity contribution in [1.29, 1.82) is 0 Å². The second-order valence-electron chi connectivity index (χ2n) is 6.88. The number of amides is 1. The van der Waals surface area contributed by atoms with E-state index in [0.29, 0.717) is 17.0 Å². The van der Waals surface area contributed by atoms with Crippen molar-refractivity contribution in [2.75, 3.05) is 18.7 Å². The zero-order valence-corrected chi connectivity index (χ0v) is 18.9. The minimum Gasteiger partial charge on any atom is -0.497 e. The Bertz CT molecular complexity index is 1120. The number of hydrogen-bond donors (Lipinski definition) is 2. The van der Waals surface area contributed by atoms with E-state index >= 15 is 0 Å². The lowest BCUT2D eigenvalue weighted by Gasteiger charge is -2.19. The summed E-state index contributed by atoms with van der Waals surface area (Å²) < 4.78 is 31.4. The number of carbonyl (C=O) groups is 1. The second kappa shape index (κ2) is 10.5. The van der Waals surface area contributed by atoms with Crippen LogP contribution in [0.3, 0.4) is 0 Å². The molecule has 0 spiro atoms. The maximum absolute atomic E-state index is 12.8. The first-order chi connectivity index (χ1) is 14.8. The van der Waals surface area contributed by atoms with Gasteiger partial charge in [-0.3, -0.25) is 4.79 Å². The van der Waals surface area contributed by atoms with Gasteiger partial charge in [-0.05, 0) is 42.0 Å². The van der Waals surface area contributed by atoms with E-state index in [4.69, 9.17) is 4.74 Å². The van der Waals surface area contributed by atoms with E-state index in [-0.39, 0.29) is 12.3 Å². The molecule has 0 bridgehead atoms. The van der Waals surface area contributed by atoms with Crippen molar-refractivity contribution in [2.24, 2.45) is 0 Å². The van der Waals surface area contributed by atoms with Crippen LogP contribution in [-0.4, -0.2) is 27.7 Å². The molecule has 0 aromatic heterocycles. The molecule has 0 aliphatic carbocycles. The molecule has 0 fully saturated rings. The van der Waals surface area contributed by atoms with E-state index in [1.807, 2.05) is 54.6 Å². The molecule has 2 N–H and O–H groups in total. The molecule has 1 amide bonds. The third-order valence-electron chi connectivity index (χ3n) is 4.40. The molecule has 3 aromatic rings. The van der Waals surface area contributed by atoms with Gasteiger partial charge in [-0.1, -0.05) is 54.2 Å². The summed E-state index contributed by atoms with van der Waals surface area (Å²) >= 11 is 1.55. The van der Waals surface area contributed by atoms with Gasteiger partial charge in [-0.25, -0.2) is 13.1 Å². The molecule has 1 unspecified atom stereocenters. The average Bonchev–Trinajstić information content (AvgIpc) is 2.74. The Hall–Kier alpha value is -2.81. The zero-order valence-electron chi connectivity index (χ0n) is 17.2. The topological polar surface area (TPSA) is 84.5 Å². The van der Waals surface area contributed by atoms with Crippen LogP contribution in [0.4, 0.5) is 5.69 Å². The maximum atomic E-state index is 12.8. The van der Waals surface area contributed by atoms with E-state index in [1.165, 1.54) is 0 Å². The molecule has 6 nitrogen and oxygen atoms in total. The van der Waals surface area contributed by atoms with E-state index < -0.39 is 16.1 Å². The third kappa shape index (κ3) is 7.13. The van der Waals surface area contributed by atoms with Crippen molar-refractivity contribution >= 4 is 33.4 Å². The lowest BCUT2D eigenvalue weighted by Crippen LogP contribution is -2.30. The van der Waals surface area contributed by atoms with Crippen LogP contribution in [0.1, 0.15) is 18.0 Å². The molecule has 0 heterocycles. The van der Waals surface area contributed by atoms with Crippen molar-refractivity contribution in [3.05, 3.63) is 84.4 Å². The van der Waals surface area contributed by atoms with Gasteiger partial charge in [-0.15, -0.1) is 0 Å². The highest BCUT2D eigenvalue weighted by Crippen LogP contribution is 2.33. The van der Waals surface area contributed by atoms with Gasteiger partial charge in [0.1, 0.15) is 5.75 Å². The summed E-state index contributed by atoms with van der Waals surface area (Å²) in [7, 11) is -1.96. The fourth-order valence-corrected chi connectivity index (χ4v) is 4.64. The molecule has 162 valence electrons. The summed E-state index contributed by atoms with van der Waals surface area (Å²) in [5, 5.41) is 2.92. The van der Waals surface area contributed by atoms with Crippen LogP contribution in [0.15, 0.2) is 88.7 Å². The van der Waals surface area contributed by atoms with Gasteiger partial charge < -0.3 is 10.1 Å². The van der Waals surface area contributed by atoms with E-state index in [9.17, 15) is 13.2 Å². The quantitative estimate of drug-likeness (QED) is 0.496. The Labute approximate surface area is 187 Å². The fraction of sp³-hybridized carbons (Fsp3) is 0.174. The van der Waals surface area contributed by atoms with Gasteiger partial charge >= 0.3 is 0 Å². The lowest BCUT2D eigenvalue weighted by atomic mass is 10.0. The Balaban J connectivity index is 1.76. The Morgan fingerprint density at radius 1 is 0.968 bits per heavy atom. The summed E-state index contributed by atoms with van der Waals surface area (Å²) in [6.45, 7) is 0. The number of para-hydroxylation sites is 1. The first-order valence-electron chi connectivity index (χ1n) is 9.57. The Kier molecular flexibility index (Phi) is 7.73. The molecular formula is C23H24N2O4S2. The molecule has 0 saturated heterocycles. The minimum absolute atomic E-state index is 0.0518. The highest BCUT2D eigenvalue weighted by Gasteiger charge is 2.20. The summed E-state index contributed by atoms with van der Waals surface area (Å²) in [4.78, 5) is 14.8. The van der Waals surface area contributed by atoms with E-state index in [2.05, 4.69) is 10.0 Å². The average molecular weight is 457 g/mol. The van der Waals surface area contributed by atoms with Crippen LogP contribution in [0.5, 0.6) is 5.75 Å². The standard InChI is InChI=1S/C23H24N2O4S2/c1-29-18-14-12-17(13-15-18)21(25-31(2,27)28)16-23(26)24-20-10-6-7-11-22(20)30-19-8-4-3-5-9-19/h3-15,21,25H,16H2,1-2H3,(H,24,26). The van der Waals surface area contributed by atoms with Crippen molar-refractivity contribution in [1.82, 2.24) is 4.72 Å². The number of hydrogen-bond acceptors (Lipinski definition) is 5. The van der Waals surface area contributed by atoms with Crippen molar-refractivity contribution in [2.45, 2.75) is 22.3 Å². The number of benzene rings is 3. The van der Waals surface area contributed by atoms with Gasteiger partial charge in [0.05, 0.1) is 25.1 Å². The third-order valence-corrected chi connectivity index (χ3v) is 6.19. The number of anilines is 1. The first kappa shape index (κ1) is 22.9. The van der Waals surface area contributed by atoms with Crippen molar-refractivity contribution in [3.8, 4) is 5.75 Å². The number of rotatable bonds is 9. The van der Waals surface area contributed by atoms with Gasteiger partial charge in [0, 0.05) is 16.2 Å². The molecule has 0 saturated carbocycles. The monoisotopic (exact) mass is 456 g/mol. The summed E-state index contributed by atoms with van der Waals surface area (Å²) in [5.74, 6) is 0.358. The van der Waals surface area contributed by atoms with Crippen molar-refractivity contribution in [3.63, 3.8) is 0 Å². The molecule has 0 aliphatic heterocycles. The molecule has 8 heteroatoms. The predicted octanol–water partition coefficient (Wildman–Crippen LogP) is 4.47. The van der Waals surface area contributed by atoms with Crippen LogP contribution in [0.2, 0.25) is 0 Å². The highest BCUT2D eigenvalue weighted by atomic mass is 32.2. The first-order valence-corrected chi connectivity index (χ1v) is 12.3. The van der Waals surface area contributed by atoms with Gasteiger partial charge in [0.2, 0.25) is 15.9 Å².